The van der Waals surface area contributed by atoms with Crippen LogP contribution in [0.1, 0.15) is 13.3 Å². The van der Waals surface area contributed by atoms with E-state index in [-0.39, 0.29) is 11.1 Å². The first-order valence-corrected chi connectivity index (χ1v) is 6.81. The Morgan fingerprint density at radius 1 is 1.46 bits per heavy atom. The molecule has 0 radical (unpaired) electrons. The predicted octanol–water partition coefficient (Wildman–Crippen LogP) is 0.980. The lowest BCUT2D eigenvalue weighted by atomic mass is 10.4. The summed E-state index contributed by atoms with van der Waals surface area (Å²) < 4.78 is 21.6. The van der Waals surface area contributed by atoms with Gasteiger partial charge in [-0.2, -0.15) is 0 Å². The smallest absolute Gasteiger partial charge is 0.147 e. The van der Waals surface area contributed by atoms with Crippen molar-refractivity contribution in [3.05, 3.63) is 0 Å². The maximum Gasteiger partial charge on any atom is 0.147 e. The van der Waals surface area contributed by atoms with Crippen molar-refractivity contribution >= 4 is 21.4 Å². The van der Waals surface area contributed by atoms with Crippen molar-refractivity contribution < 1.29 is 8.42 Å². The molecule has 0 rings (SSSR count). The van der Waals surface area contributed by atoms with Crippen molar-refractivity contribution in [2.24, 2.45) is 0 Å². The molecule has 0 aliphatic heterocycles. The highest BCUT2D eigenvalue weighted by Gasteiger charge is 2.05. The summed E-state index contributed by atoms with van der Waals surface area (Å²) in [5.41, 5.74) is 0. The van der Waals surface area contributed by atoms with Gasteiger partial charge in [0.1, 0.15) is 9.84 Å². The summed E-state index contributed by atoms with van der Waals surface area (Å²) >= 11 is 5.78. The summed E-state index contributed by atoms with van der Waals surface area (Å²) in [7, 11) is -0.862. The van der Waals surface area contributed by atoms with E-state index < -0.39 is 9.84 Å². The van der Waals surface area contributed by atoms with Crippen LogP contribution in [0.25, 0.3) is 0 Å². The van der Waals surface area contributed by atoms with Crippen molar-refractivity contribution in [2.75, 3.05) is 32.1 Å². The summed E-state index contributed by atoms with van der Waals surface area (Å²) in [6, 6.07) is 0. The third-order valence-electron chi connectivity index (χ3n) is 1.62. The number of hydrogen-bond donors (Lipinski definition) is 0. The van der Waals surface area contributed by atoms with Gasteiger partial charge in [0.25, 0.3) is 0 Å². The normalized spacial score (nSPS) is 14.8. The second-order valence-corrected chi connectivity index (χ2v) is 6.53. The first-order chi connectivity index (χ1) is 5.81. The van der Waals surface area contributed by atoms with Gasteiger partial charge < -0.3 is 4.90 Å². The third kappa shape index (κ3) is 10.1. The van der Waals surface area contributed by atoms with Gasteiger partial charge in [0.15, 0.2) is 0 Å². The Kier molecular flexibility index (Phi) is 5.92. The maximum atomic E-state index is 10.8. The van der Waals surface area contributed by atoms with Gasteiger partial charge in [-0.25, -0.2) is 8.42 Å². The summed E-state index contributed by atoms with van der Waals surface area (Å²) in [6.07, 6.45) is 1.94. The number of alkyl halides is 1. The van der Waals surface area contributed by atoms with Gasteiger partial charge in [0.05, 0.1) is 5.75 Å². The van der Waals surface area contributed by atoms with Gasteiger partial charge in [-0.15, -0.1) is 11.6 Å². The van der Waals surface area contributed by atoms with Crippen LogP contribution in [0, 0.1) is 0 Å². The van der Waals surface area contributed by atoms with Crippen molar-refractivity contribution in [2.45, 2.75) is 18.7 Å². The molecule has 13 heavy (non-hydrogen) atoms. The van der Waals surface area contributed by atoms with Crippen LogP contribution >= 0.6 is 11.6 Å². The lowest BCUT2D eigenvalue weighted by Crippen LogP contribution is -2.26. The maximum absolute atomic E-state index is 10.8. The number of rotatable bonds is 6. The van der Waals surface area contributed by atoms with Crippen molar-refractivity contribution in [1.82, 2.24) is 4.90 Å². The summed E-state index contributed by atoms with van der Waals surface area (Å²) in [6.45, 7) is 3.50. The van der Waals surface area contributed by atoms with Gasteiger partial charge in [-0.05, 0) is 26.9 Å². The van der Waals surface area contributed by atoms with Crippen LogP contribution in [0.3, 0.4) is 0 Å². The molecule has 0 amide bonds. The molecular weight excluding hydrogens is 210 g/mol. The molecule has 0 saturated carbocycles. The number of sulfone groups is 1. The summed E-state index contributed by atoms with van der Waals surface area (Å²) in [4.78, 5) is 2.04. The molecule has 80 valence electrons. The number of hydrogen-bond acceptors (Lipinski definition) is 3. The molecule has 0 spiro atoms. The molecule has 0 aromatic carbocycles. The largest absolute Gasteiger partial charge is 0.305 e. The molecule has 0 N–H and O–H groups in total. The van der Waals surface area contributed by atoms with E-state index in [1.807, 2.05) is 18.9 Å². The fourth-order valence-corrected chi connectivity index (χ4v) is 2.01. The summed E-state index contributed by atoms with van der Waals surface area (Å²) in [5, 5.41) is 0.114. The van der Waals surface area contributed by atoms with Gasteiger partial charge in [-0.1, -0.05) is 0 Å². The zero-order valence-electron chi connectivity index (χ0n) is 8.46. The minimum atomic E-state index is -2.81. The zero-order valence-corrected chi connectivity index (χ0v) is 10.0. The average Bonchev–Trinajstić information content (AvgIpc) is 1.81. The molecule has 5 heteroatoms. The van der Waals surface area contributed by atoms with Crippen LogP contribution in [-0.4, -0.2) is 50.8 Å². The van der Waals surface area contributed by atoms with Crippen molar-refractivity contribution in [1.29, 1.82) is 0 Å². The van der Waals surface area contributed by atoms with Gasteiger partial charge in [-0.3, -0.25) is 0 Å². The molecule has 0 bridgehead atoms. The number of nitrogens with zero attached hydrogens (tertiary/aromatic N) is 1. The fourth-order valence-electron chi connectivity index (χ4n) is 1.12. The van der Waals surface area contributed by atoms with E-state index >= 15 is 0 Å². The van der Waals surface area contributed by atoms with E-state index in [1.165, 1.54) is 6.26 Å². The molecule has 3 nitrogen and oxygen atoms in total. The van der Waals surface area contributed by atoms with Gasteiger partial charge in [0, 0.05) is 18.2 Å². The van der Waals surface area contributed by atoms with Crippen LogP contribution in [-0.2, 0) is 9.84 Å². The molecule has 0 aromatic rings. The molecule has 0 heterocycles. The molecule has 0 fully saturated rings. The first kappa shape index (κ1) is 13.2. The van der Waals surface area contributed by atoms with Crippen LogP contribution in [0.2, 0.25) is 0 Å². The van der Waals surface area contributed by atoms with Crippen molar-refractivity contribution in [3.8, 4) is 0 Å². The van der Waals surface area contributed by atoms with E-state index in [4.69, 9.17) is 11.6 Å². The standard InChI is InChI=1S/C8H18ClNO2S/c1-8(9)7-10(2)5-4-6-13(3,11)12/h8H,4-7H2,1-3H3. The molecule has 0 aromatic heterocycles. The lowest BCUT2D eigenvalue weighted by molar-refractivity contribution is 0.338. The average molecular weight is 228 g/mol. The van der Waals surface area contributed by atoms with Crippen LogP contribution < -0.4 is 0 Å². The second-order valence-electron chi connectivity index (χ2n) is 3.53. The molecule has 1 unspecified atom stereocenters. The second kappa shape index (κ2) is 5.83. The highest BCUT2D eigenvalue weighted by Crippen LogP contribution is 1.98. The monoisotopic (exact) mass is 227 g/mol. The van der Waals surface area contributed by atoms with Crippen LogP contribution in [0.5, 0.6) is 0 Å². The van der Waals surface area contributed by atoms with E-state index in [0.29, 0.717) is 6.42 Å². The van der Waals surface area contributed by atoms with Crippen LogP contribution in [0.4, 0.5) is 0 Å². The minimum Gasteiger partial charge on any atom is -0.305 e. The topological polar surface area (TPSA) is 37.4 Å². The number of halogens is 1. The zero-order chi connectivity index (χ0) is 10.5. The van der Waals surface area contributed by atoms with Crippen LogP contribution in [0.15, 0.2) is 0 Å². The van der Waals surface area contributed by atoms with Crippen molar-refractivity contribution in [3.63, 3.8) is 0 Å². The highest BCUT2D eigenvalue weighted by atomic mass is 35.5. The van der Waals surface area contributed by atoms with E-state index in [0.717, 1.165) is 13.1 Å². The van der Waals surface area contributed by atoms with E-state index in [2.05, 4.69) is 0 Å². The SMILES string of the molecule is CC(Cl)CN(C)CCCS(C)(=O)=O. The first-order valence-electron chi connectivity index (χ1n) is 4.31. The Hall–Kier alpha value is 0.200. The Labute approximate surface area is 86.0 Å². The Bertz CT molecular complexity index is 226. The highest BCUT2D eigenvalue weighted by molar-refractivity contribution is 7.90. The lowest BCUT2D eigenvalue weighted by Gasteiger charge is -2.17. The summed E-state index contributed by atoms with van der Waals surface area (Å²) in [5.74, 6) is 0.258. The molecule has 0 saturated heterocycles. The van der Waals surface area contributed by atoms with Gasteiger partial charge >= 0.3 is 0 Å². The van der Waals surface area contributed by atoms with E-state index in [9.17, 15) is 8.42 Å². The molecular formula is C8H18ClNO2S. The molecule has 1 atom stereocenters. The predicted molar refractivity (Wildman–Crippen MR) is 57.1 cm³/mol. The Morgan fingerprint density at radius 2 is 2.00 bits per heavy atom. The fraction of sp³-hybridized carbons (Fsp3) is 1.00. The molecule has 0 aliphatic carbocycles. The minimum absolute atomic E-state index is 0.114. The Balaban J connectivity index is 3.54. The van der Waals surface area contributed by atoms with Gasteiger partial charge in [0.2, 0.25) is 0 Å². The Morgan fingerprint density at radius 3 is 2.38 bits per heavy atom. The quantitative estimate of drug-likeness (QED) is 0.635. The van der Waals surface area contributed by atoms with E-state index in [1.54, 1.807) is 0 Å². The molecule has 0 aliphatic rings. The third-order valence-corrected chi connectivity index (χ3v) is 2.79.